The summed E-state index contributed by atoms with van der Waals surface area (Å²) in [6.45, 7) is 6.76. The van der Waals surface area contributed by atoms with Crippen LogP contribution >= 0.6 is 0 Å². The molecule has 29 heavy (non-hydrogen) atoms. The van der Waals surface area contributed by atoms with E-state index in [-0.39, 0.29) is 18.7 Å². The highest BCUT2D eigenvalue weighted by molar-refractivity contribution is 6.04. The maximum atomic E-state index is 12.8. The minimum atomic E-state index is -1.03. The number of nitrogens with one attached hydrogen (secondary N) is 1. The summed E-state index contributed by atoms with van der Waals surface area (Å²) in [4.78, 5) is 40.1. The highest BCUT2D eigenvalue weighted by Crippen LogP contribution is 2.22. The van der Waals surface area contributed by atoms with Crippen molar-refractivity contribution in [1.82, 2.24) is 10.1 Å². The topological polar surface area (TPSA) is 111 Å². The molecule has 2 heterocycles. The summed E-state index contributed by atoms with van der Waals surface area (Å²) >= 11 is 0. The Balaban J connectivity index is 1.71. The van der Waals surface area contributed by atoms with Gasteiger partial charge in [-0.25, -0.2) is 4.79 Å². The number of fused-ring (bicyclic) bond motifs is 1. The fourth-order valence-corrected chi connectivity index (χ4v) is 3.20. The van der Waals surface area contributed by atoms with Crippen LogP contribution in [0.4, 0.5) is 0 Å². The van der Waals surface area contributed by atoms with Crippen LogP contribution in [0, 0.1) is 13.8 Å². The van der Waals surface area contributed by atoms with E-state index < -0.39 is 23.8 Å². The average molecular weight is 398 g/mol. The largest absolute Gasteiger partial charge is 0.462 e. The molecule has 0 spiro atoms. The quantitative estimate of drug-likeness (QED) is 0.480. The first-order valence-corrected chi connectivity index (χ1v) is 9.26. The SMILES string of the molecule is CCOC(=O)c1c(C)[nH]c(C(=O)[C@H](C)OC(=O)Cc2noc3ccccc23)c1C. The van der Waals surface area contributed by atoms with E-state index in [2.05, 4.69) is 10.1 Å². The van der Waals surface area contributed by atoms with E-state index in [9.17, 15) is 14.4 Å². The number of H-pyrrole nitrogens is 1. The molecule has 2 aromatic heterocycles. The number of hydrogen-bond acceptors (Lipinski definition) is 7. The standard InChI is InChI=1S/C21H22N2O6/c1-5-27-21(26)18-11(2)19(22-12(18)3)20(25)13(4)28-17(24)10-15-14-8-6-7-9-16(14)29-23-15/h6-9,13,22H,5,10H2,1-4H3/t13-/m0/s1. The second-order valence-corrected chi connectivity index (χ2v) is 6.64. The zero-order valence-electron chi connectivity index (χ0n) is 16.7. The molecule has 0 bridgehead atoms. The fraction of sp³-hybridized carbons (Fsp3) is 0.333. The fourth-order valence-electron chi connectivity index (χ4n) is 3.20. The number of para-hydroxylation sites is 1. The number of rotatable bonds is 7. The number of aromatic amines is 1. The number of ketones is 1. The summed E-state index contributed by atoms with van der Waals surface area (Å²) in [5.41, 5.74) is 2.55. The van der Waals surface area contributed by atoms with Gasteiger partial charge in [0.25, 0.3) is 0 Å². The molecule has 8 heteroatoms. The number of nitrogens with zero attached hydrogens (tertiary/aromatic N) is 1. The van der Waals surface area contributed by atoms with E-state index in [1.54, 1.807) is 32.9 Å². The van der Waals surface area contributed by atoms with Crippen LogP contribution in [0.1, 0.15) is 51.6 Å². The van der Waals surface area contributed by atoms with Gasteiger partial charge in [0.1, 0.15) is 5.69 Å². The number of carbonyl (C=O) groups excluding carboxylic acids is 3. The molecule has 3 rings (SSSR count). The third-order valence-electron chi connectivity index (χ3n) is 4.60. The molecule has 0 aliphatic rings. The van der Waals surface area contributed by atoms with Gasteiger partial charge in [-0.15, -0.1) is 0 Å². The van der Waals surface area contributed by atoms with Gasteiger partial charge in [-0.1, -0.05) is 17.3 Å². The van der Waals surface area contributed by atoms with Crippen molar-refractivity contribution in [3.8, 4) is 0 Å². The van der Waals surface area contributed by atoms with Gasteiger partial charge >= 0.3 is 11.9 Å². The minimum absolute atomic E-state index is 0.120. The Morgan fingerprint density at radius 1 is 1.21 bits per heavy atom. The molecular weight excluding hydrogens is 376 g/mol. The Morgan fingerprint density at radius 2 is 1.93 bits per heavy atom. The highest BCUT2D eigenvalue weighted by atomic mass is 16.5. The van der Waals surface area contributed by atoms with Crippen LogP contribution in [0.15, 0.2) is 28.8 Å². The van der Waals surface area contributed by atoms with Crippen molar-refractivity contribution in [3.63, 3.8) is 0 Å². The monoisotopic (exact) mass is 398 g/mol. The van der Waals surface area contributed by atoms with Crippen molar-refractivity contribution >= 4 is 28.7 Å². The first-order valence-electron chi connectivity index (χ1n) is 9.26. The lowest BCUT2D eigenvalue weighted by molar-refractivity contribution is -0.145. The maximum absolute atomic E-state index is 12.8. The van der Waals surface area contributed by atoms with Crippen LogP contribution in [0.5, 0.6) is 0 Å². The molecule has 0 saturated carbocycles. The molecule has 0 unspecified atom stereocenters. The average Bonchev–Trinajstić information content (AvgIpc) is 3.21. The summed E-state index contributed by atoms with van der Waals surface area (Å²) in [5.74, 6) is -1.53. The van der Waals surface area contributed by atoms with Crippen molar-refractivity contribution in [3.05, 3.63) is 52.5 Å². The number of aryl methyl sites for hydroxylation is 1. The normalized spacial score (nSPS) is 12.0. The van der Waals surface area contributed by atoms with Crippen molar-refractivity contribution < 1.29 is 28.4 Å². The van der Waals surface area contributed by atoms with Crippen LogP contribution < -0.4 is 0 Å². The maximum Gasteiger partial charge on any atom is 0.340 e. The lowest BCUT2D eigenvalue weighted by atomic mass is 10.1. The summed E-state index contributed by atoms with van der Waals surface area (Å²) in [6, 6.07) is 7.17. The molecule has 8 nitrogen and oxygen atoms in total. The lowest BCUT2D eigenvalue weighted by Gasteiger charge is -2.12. The summed E-state index contributed by atoms with van der Waals surface area (Å²) in [7, 11) is 0. The Hall–Kier alpha value is -3.42. The van der Waals surface area contributed by atoms with Crippen LogP contribution in [0.3, 0.4) is 0 Å². The molecule has 0 fully saturated rings. The highest BCUT2D eigenvalue weighted by Gasteiger charge is 2.28. The zero-order chi connectivity index (χ0) is 21.1. The molecule has 1 N–H and O–H groups in total. The van der Waals surface area contributed by atoms with Crippen LogP contribution in [-0.4, -0.2) is 40.6 Å². The lowest BCUT2D eigenvalue weighted by Crippen LogP contribution is -2.26. The van der Waals surface area contributed by atoms with Crippen molar-refractivity contribution in [1.29, 1.82) is 0 Å². The van der Waals surface area contributed by atoms with Gasteiger partial charge in [0.05, 0.1) is 24.3 Å². The zero-order valence-corrected chi connectivity index (χ0v) is 16.7. The van der Waals surface area contributed by atoms with Gasteiger partial charge in [-0.3, -0.25) is 9.59 Å². The van der Waals surface area contributed by atoms with E-state index in [1.807, 2.05) is 12.1 Å². The number of hydrogen-bond donors (Lipinski definition) is 1. The van der Waals surface area contributed by atoms with Crippen molar-refractivity contribution in [2.24, 2.45) is 0 Å². The summed E-state index contributed by atoms with van der Waals surface area (Å²) in [5, 5.41) is 4.61. The number of ether oxygens (including phenoxy) is 2. The van der Waals surface area contributed by atoms with Gasteiger partial charge in [-0.2, -0.15) is 0 Å². The Bertz CT molecular complexity index is 1080. The molecule has 0 radical (unpaired) electrons. The Labute approximate surface area is 167 Å². The van der Waals surface area contributed by atoms with E-state index in [1.165, 1.54) is 6.92 Å². The molecule has 152 valence electrons. The first-order chi connectivity index (χ1) is 13.8. The van der Waals surface area contributed by atoms with Gasteiger partial charge in [0.2, 0.25) is 5.78 Å². The van der Waals surface area contributed by atoms with Gasteiger partial charge in [0.15, 0.2) is 11.7 Å². The summed E-state index contributed by atoms with van der Waals surface area (Å²) in [6.07, 6.45) is -1.15. The third kappa shape index (κ3) is 4.06. The molecule has 0 saturated heterocycles. The van der Waals surface area contributed by atoms with E-state index in [0.717, 1.165) is 5.39 Å². The molecule has 0 aliphatic carbocycles. The second kappa shape index (κ2) is 8.30. The van der Waals surface area contributed by atoms with E-state index in [0.29, 0.717) is 28.1 Å². The molecule has 1 atom stereocenters. The number of esters is 2. The predicted octanol–water partition coefficient (Wildman–Crippen LogP) is 3.31. The predicted molar refractivity (Wildman–Crippen MR) is 104 cm³/mol. The number of benzene rings is 1. The van der Waals surface area contributed by atoms with Gasteiger partial charge in [-0.05, 0) is 45.4 Å². The van der Waals surface area contributed by atoms with Gasteiger partial charge < -0.3 is 19.0 Å². The van der Waals surface area contributed by atoms with Crippen molar-refractivity contribution in [2.75, 3.05) is 6.61 Å². The number of carbonyl (C=O) groups is 3. The molecule has 0 amide bonds. The number of Topliss-reactive ketones (excluding diaryl/α,β-unsaturated/α-hetero) is 1. The minimum Gasteiger partial charge on any atom is -0.462 e. The molecule has 1 aromatic carbocycles. The number of aromatic nitrogens is 2. The van der Waals surface area contributed by atoms with Gasteiger partial charge in [0, 0.05) is 11.1 Å². The van der Waals surface area contributed by atoms with Crippen molar-refractivity contribution in [2.45, 2.75) is 40.2 Å². The van der Waals surface area contributed by atoms with Crippen LogP contribution in [0.25, 0.3) is 11.0 Å². The molecule has 0 aliphatic heterocycles. The van der Waals surface area contributed by atoms with E-state index in [4.69, 9.17) is 14.0 Å². The third-order valence-corrected chi connectivity index (χ3v) is 4.60. The Kier molecular flexibility index (Phi) is 5.81. The Morgan fingerprint density at radius 3 is 2.66 bits per heavy atom. The molecular formula is C21H22N2O6. The second-order valence-electron chi connectivity index (χ2n) is 6.64. The smallest absolute Gasteiger partial charge is 0.340 e. The van der Waals surface area contributed by atoms with E-state index >= 15 is 0 Å². The molecule has 3 aromatic rings. The summed E-state index contributed by atoms with van der Waals surface area (Å²) < 4.78 is 15.5. The van der Waals surface area contributed by atoms with Crippen LogP contribution in [-0.2, 0) is 20.7 Å². The first kappa shape index (κ1) is 20.3. The van der Waals surface area contributed by atoms with Crippen LogP contribution in [0.2, 0.25) is 0 Å².